The Morgan fingerprint density at radius 3 is 2.47 bits per heavy atom. The summed E-state index contributed by atoms with van der Waals surface area (Å²) in [5.41, 5.74) is 0.455. The van der Waals surface area contributed by atoms with Crippen molar-refractivity contribution in [2.24, 2.45) is 0 Å². The van der Waals surface area contributed by atoms with Gasteiger partial charge in [0.25, 0.3) is 0 Å². The van der Waals surface area contributed by atoms with Crippen LogP contribution in [0.5, 0.6) is 0 Å². The molecule has 1 atom stereocenters. The lowest BCUT2D eigenvalue weighted by atomic mass is 9.91. The van der Waals surface area contributed by atoms with Crippen molar-refractivity contribution < 1.29 is 5.11 Å². The second kappa shape index (κ2) is 4.41. The fourth-order valence-corrected chi connectivity index (χ4v) is 3.48. The van der Waals surface area contributed by atoms with Crippen molar-refractivity contribution >= 4 is 21.4 Å². The first-order valence-electron chi connectivity index (χ1n) is 5.76. The summed E-state index contributed by atoms with van der Waals surface area (Å²) in [6.45, 7) is 3.73. The quantitative estimate of drug-likeness (QED) is 0.902. The predicted molar refractivity (Wildman–Crippen MR) is 74.6 cm³/mol. The van der Waals surface area contributed by atoms with E-state index in [1.807, 2.05) is 27.9 Å². The summed E-state index contributed by atoms with van der Waals surface area (Å²) in [6.07, 6.45) is 0. The van der Waals surface area contributed by atoms with Crippen LogP contribution in [0.1, 0.15) is 25.5 Å². The molecule has 0 aliphatic rings. The molecule has 1 aromatic carbocycles. The first kappa shape index (κ1) is 12.6. The molecule has 0 saturated carbocycles. The fraction of sp³-hybridized carbons (Fsp3) is 0.429. The Morgan fingerprint density at radius 1 is 1.24 bits per heavy atom. The Hall–Kier alpha value is -0.900. The molecule has 0 saturated heterocycles. The largest absolute Gasteiger partial charge is 0.388 e. The average Bonchev–Trinajstić information content (AvgIpc) is 2.60. The highest BCUT2D eigenvalue weighted by Crippen LogP contribution is 2.37. The normalized spacial score (nSPS) is 14.5. The van der Waals surface area contributed by atoms with Crippen LogP contribution in [0.4, 0.5) is 0 Å². The van der Waals surface area contributed by atoms with Gasteiger partial charge in [-0.25, -0.2) is 0 Å². The summed E-state index contributed by atoms with van der Waals surface area (Å²) in [4.78, 5) is 2.08. The van der Waals surface area contributed by atoms with E-state index in [-0.39, 0.29) is 6.04 Å². The summed E-state index contributed by atoms with van der Waals surface area (Å²) in [5, 5.41) is 13.8. The maximum Gasteiger partial charge on any atom is 0.0788 e. The van der Waals surface area contributed by atoms with E-state index in [0.29, 0.717) is 0 Å². The molecule has 1 unspecified atom stereocenters. The molecule has 0 bridgehead atoms. The summed E-state index contributed by atoms with van der Waals surface area (Å²) in [5.74, 6) is 0. The van der Waals surface area contributed by atoms with Crippen molar-refractivity contribution in [2.75, 3.05) is 14.1 Å². The zero-order valence-corrected chi connectivity index (χ0v) is 11.6. The van der Waals surface area contributed by atoms with Crippen molar-refractivity contribution in [3.63, 3.8) is 0 Å². The van der Waals surface area contributed by atoms with Gasteiger partial charge in [0.15, 0.2) is 0 Å². The lowest BCUT2D eigenvalue weighted by molar-refractivity contribution is -0.00237. The number of likely N-dealkylation sites (N-methyl/N-ethyl adjacent to an activating group) is 1. The van der Waals surface area contributed by atoms with Crippen molar-refractivity contribution in [2.45, 2.75) is 25.5 Å². The van der Waals surface area contributed by atoms with E-state index >= 15 is 0 Å². The second-order valence-corrected chi connectivity index (χ2v) is 6.12. The first-order chi connectivity index (χ1) is 7.91. The summed E-state index contributed by atoms with van der Waals surface area (Å²) < 4.78 is 1.28. The third kappa shape index (κ3) is 2.37. The van der Waals surface area contributed by atoms with E-state index in [1.165, 1.54) is 15.6 Å². The van der Waals surface area contributed by atoms with Gasteiger partial charge < -0.3 is 5.11 Å². The van der Waals surface area contributed by atoms with Gasteiger partial charge in [0.05, 0.1) is 11.6 Å². The Balaban J connectivity index is 2.57. The van der Waals surface area contributed by atoms with Crippen LogP contribution in [0, 0.1) is 0 Å². The number of hydrogen-bond acceptors (Lipinski definition) is 3. The van der Waals surface area contributed by atoms with Gasteiger partial charge in [-0.15, -0.1) is 11.3 Å². The van der Waals surface area contributed by atoms with E-state index in [9.17, 15) is 5.11 Å². The van der Waals surface area contributed by atoms with Crippen LogP contribution < -0.4 is 0 Å². The van der Waals surface area contributed by atoms with Crippen LogP contribution in [-0.4, -0.2) is 29.7 Å². The van der Waals surface area contributed by atoms with Crippen LogP contribution in [0.15, 0.2) is 29.6 Å². The van der Waals surface area contributed by atoms with Crippen molar-refractivity contribution in [1.82, 2.24) is 4.90 Å². The van der Waals surface area contributed by atoms with E-state index in [4.69, 9.17) is 0 Å². The Labute approximate surface area is 106 Å². The molecular formula is C14H19NOS. The number of aliphatic hydroxyl groups is 1. The fourth-order valence-electron chi connectivity index (χ4n) is 2.50. The number of hydrogen-bond donors (Lipinski definition) is 1. The van der Waals surface area contributed by atoms with Gasteiger partial charge in [-0.3, -0.25) is 4.90 Å². The van der Waals surface area contributed by atoms with Crippen LogP contribution in [0.25, 0.3) is 10.1 Å². The van der Waals surface area contributed by atoms with E-state index < -0.39 is 5.60 Å². The molecule has 0 amide bonds. The first-order valence-corrected chi connectivity index (χ1v) is 6.64. The molecule has 3 heteroatoms. The van der Waals surface area contributed by atoms with E-state index in [2.05, 4.69) is 34.5 Å². The molecule has 0 aliphatic heterocycles. The molecule has 1 aromatic heterocycles. The zero-order chi connectivity index (χ0) is 12.6. The molecule has 1 heterocycles. The highest BCUT2D eigenvalue weighted by molar-refractivity contribution is 7.17. The molecule has 0 radical (unpaired) electrons. The van der Waals surface area contributed by atoms with E-state index in [0.717, 1.165) is 0 Å². The van der Waals surface area contributed by atoms with Crippen LogP contribution in [-0.2, 0) is 0 Å². The topological polar surface area (TPSA) is 23.5 Å². The predicted octanol–water partition coefficient (Wildman–Crippen LogP) is 3.27. The van der Waals surface area contributed by atoms with Gasteiger partial charge in [0.1, 0.15) is 0 Å². The molecule has 0 aliphatic carbocycles. The molecule has 1 N–H and O–H groups in total. The minimum absolute atomic E-state index is 0.0126. The van der Waals surface area contributed by atoms with Crippen LogP contribution in [0.3, 0.4) is 0 Å². The van der Waals surface area contributed by atoms with Crippen LogP contribution >= 0.6 is 11.3 Å². The lowest BCUT2D eigenvalue weighted by Crippen LogP contribution is -2.38. The SMILES string of the molecule is CN(C)C(c1csc2ccccc12)C(C)(C)O. The van der Waals surface area contributed by atoms with Gasteiger partial charge in [0, 0.05) is 4.70 Å². The minimum Gasteiger partial charge on any atom is -0.388 e. The van der Waals surface area contributed by atoms with Gasteiger partial charge in [-0.05, 0) is 50.3 Å². The number of fused-ring (bicyclic) bond motifs is 1. The molecule has 92 valence electrons. The summed E-state index contributed by atoms with van der Waals surface area (Å²) >= 11 is 1.74. The lowest BCUT2D eigenvalue weighted by Gasteiger charge is -2.34. The minimum atomic E-state index is -0.757. The maximum atomic E-state index is 10.3. The highest BCUT2D eigenvalue weighted by Gasteiger charge is 2.31. The van der Waals surface area contributed by atoms with Crippen molar-refractivity contribution in [1.29, 1.82) is 0 Å². The summed E-state index contributed by atoms with van der Waals surface area (Å²) in [6, 6.07) is 8.37. The molecule has 2 nitrogen and oxygen atoms in total. The molecule has 0 spiro atoms. The Bertz CT molecular complexity index is 510. The monoisotopic (exact) mass is 249 g/mol. The number of nitrogens with zero attached hydrogens (tertiary/aromatic N) is 1. The standard InChI is InChI=1S/C14H19NOS/c1-14(2,16)13(15(3)4)11-9-17-12-8-6-5-7-10(11)12/h5-9,13,16H,1-4H3. The Kier molecular flexibility index (Phi) is 3.25. The zero-order valence-electron chi connectivity index (χ0n) is 10.8. The maximum absolute atomic E-state index is 10.3. The molecule has 2 rings (SSSR count). The van der Waals surface area contributed by atoms with E-state index in [1.54, 1.807) is 11.3 Å². The van der Waals surface area contributed by atoms with Crippen LogP contribution in [0.2, 0.25) is 0 Å². The molecular weight excluding hydrogens is 230 g/mol. The molecule has 17 heavy (non-hydrogen) atoms. The average molecular weight is 249 g/mol. The number of rotatable bonds is 3. The third-order valence-corrected chi connectivity index (χ3v) is 3.97. The van der Waals surface area contributed by atoms with Crippen molar-refractivity contribution in [3.05, 3.63) is 35.2 Å². The summed E-state index contributed by atoms with van der Waals surface area (Å²) in [7, 11) is 4.02. The van der Waals surface area contributed by atoms with Crippen molar-refractivity contribution in [3.8, 4) is 0 Å². The number of thiophene rings is 1. The Morgan fingerprint density at radius 2 is 1.88 bits per heavy atom. The third-order valence-electron chi connectivity index (χ3n) is 2.99. The van der Waals surface area contributed by atoms with Gasteiger partial charge in [-0.2, -0.15) is 0 Å². The molecule has 0 fully saturated rings. The molecule has 2 aromatic rings. The second-order valence-electron chi connectivity index (χ2n) is 5.21. The van der Waals surface area contributed by atoms with Gasteiger partial charge in [0.2, 0.25) is 0 Å². The smallest absolute Gasteiger partial charge is 0.0788 e. The number of benzene rings is 1. The van der Waals surface area contributed by atoms with Gasteiger partial charge in [-0.1, -0.05) is 18.2 Å². The highest BCUT2D eigenvalue weighted by atomic mass is 32.1. The van der Waals surface area contributed by atoms with Gasteiger partial charge >= 0.3 is 0 Å².